The average molecular weight is 267 g/mol. The summed E-state index contributed by atoms with van der Waals surface area (Å²) in [5.74, 6) is 0. The van der Waals surface area contributed by atoms with Crippen LogP contribution in [-0.4, -0.2) is 0 Å². The van der Waals surface area contributed by atoms with Crippen molar-refractivity contribution >= 4 is 0 Å². The summed E-state index contributed by atoms with van der Waals surface area (Å²) in [4.78, 5) is 0. The molecule has 0 fully saturated rings. The number of hydrogen-bond acceptors (Lipinski definition) is 1. The van der Waals surface area contributed by atoms with E-state index in [2.05, 4.69) is 63.2 Å². The molecule has 0 spiro atoms. The van der Waals surface area contributed by atoms with Crippen molar-refractivity contribution in [1.29, 1.82) is 0 Å². The van der Waals surface area contributed by atoms with Gasteiger partial charge in [-0.05, 0) is 62.3 Å². The van der Waals surface area contributed by atoms with Gasteiger partial charge in [0.2, 0.25) is 0 Å². The first kappa shape index (κ1) is 14.8. The molecule has 0 radical (unpaired) electrons. The first-order valence-corrected chi connectivity index (χ1v) is 7.45. The van der Waals surface area contributed by atoms with E-state index in [4.69, 9.17) is 5.73 Å². The molecule has 0 saturated carbocycles. The van der Waals surface area contributed by atoms with Gasteiger partial charge in [0.25, 0.3) is 0 Å². The second-order valence-corrected chi connectivity index (χ2v) is 5.80. The molecule has 20 heavy (non-hydrogen) atoms. The number of aryl methyl sites for hydroxylation is 4. The largest absolute Gasteiger partial charge is 0.324 e. The Bertz CT molecular complexity index is 534. The van der Waals surface area contributed by atoms with Crippen LogP contribution in [0.5, 0.6) is 0 Å². The summed E-state index contributed by atoms with van der Waals surface area (Å²) in [6, 6.07) is 15.3. The van der Waals surface area contributed by atoms with Gasteiger partial charge in [-0.2, -0.15) is 0 Å². The molecule has 0 aliphatic rings. The highest BCUT2D eigenvalue weighted by Gasteiger charge is 2.12. The zero-order valence-electron chi connectivity index (χ0n) is 12.8. The highest BCUT2D eigenvalue weighted by atomic mass is 14.6. The highest BCUT2D eigenvalue weighted by molar-refractivity contribution is 5.39. The first-order chi connectivity index (χ1) is 9.58. The Kier molecular flexibility index (Phi) is 4.97. The predicted molar refractivity (Wildman–Crippen MR) is 87.0 cm³/mol. The molecule has 0 amide bonds. The van der Waals surface area contributed by atoms with Gasteiger partial charge >= 0.3 is 0 Å². The van der Waals surface area contributed by atoms with E-state index in [9.17, 15) is 0 Å². The molecule has 1 atom stereocenters. The molecule has 106 valence electrons. The van der Waals surface area contributed by atoms with E-state index in [1.165, 1.54) is 27.8 Å². The van der Waals surface area contributed by atoms with Gasteiger partial charge in [-0.3, -0.25) is 0 Å². The molecule has 2 N–H and O–H groups in total. The van der Waals surface area contributed by atoms with E-state index in [-0.39, 0.29) is 6.04 Å². The zero-order chi connectivity index (χ0) is 14.5. The average Bonchev–Trinajstić information content (AvgIpc) is 2.38. The molecule has 0 bridgehead atoms. The topological polar surface area (TPSA) is 26.0 Å². The van der Waals surface area contributed by atoms with Crippen molar-refractivity contribution in [3.8, 4) is 0 Å². The third kappa shape index (κ3) is 3.71. The maximum Gasteiger partial charge on any atom is 0.0300 e. The van der Waals surface area contributed by atoms with E-state index in [0.29, 0.717) is 0 Å². The number of hydrogen-bond donors (Lipinski definition) is 1. The second-order valence-electron chi connectivity index (χ2n) is 5.80. The summed E-state index contributed by atoms with van der Waals surface area (Å²) in [7, 11) is 0. The molecular weight excluding hydrogens is 242 g/mol. The fourth-order valence-corrected chi connectivity index (χ4v) is 3.09. The van der Waals surface area contributed by atoms with Gasteiger partial charge in [-0.25, -0.2) is 0 Å². The molecule has 0 saturated heterocycles. The van der Waals surface area contributed by atoms with Gasteiger partial charge in [-0.15, -0.1) is 0 Å². The molecule has 0 aliphatic carbocycles. The molecule has 2 rings (SSSR count). The van der Waals surface area contributed by atoms with Gasteiger partial charge in [0.15, 0.2) is 0 Å². The molecule has 0 aliphatic heterocycles. The van der Waals surface area contributed by atoms with Crippen LogP contribution >= 0.6 is 0 Å². The standard InChI is InChI=1S/C19H25N/c1-14-12-15(2)19(16(3)13-14)18(20)11-7-10-17-8-5-4-6-9-17/h4-6,8-9,12-13,18H,7,10-11,20H2,1-3H3. The fraction of sp³-hybridized carbons (Fsp3) is 0.368. The Balaban J connectivity index is 1.97. The lowest BCUT2D eigenvalue weighted by atomic mass is 9.91. The quantitative estimate of drug-likeness (QED) is 0.839. The predicted octanol–water partition coefficient (Wildman–Crippen LogP) is 4.63. The van der Waals surface area contributed by atoms with Crippen molar-refractivity contribution < 1.29 is 0 Å². The summed E-state index contributed by atoms with van der Waals surface area (Å²) in [5.41, 5.74) is 13.1. The summed E-state index contributed by atoms with van der Waals surface area (Å²) in [6.07, 6.45) is 3.29. The first-order valence-electron chi connectivity index (χ1n) is 7.45. The van der Waals surface area contributed by atoms with Gasteiger partial charge in [0.1, 0.15) is 0 Å². The van der Waals surface area contributed by atoms with Crippen LogP contribution in [-0.2, 0) is 6.42 Å². The molecule has 2 aromatic carbocycles. The maximum absolute atomic E-state index is 6.41. The van der Waals surface area contributed by atoms with Gasteiger partial charge < -0.3 is 5.73 Å². The van der Waals surface area contributed by atoms with Crippen molar-refractivity contribution in [2.24, 2.45) is 5.73 Å². The van der Waals surface area contributed by atoms with Gasteiger partial charge in [0.05, 0.1) is 0 Å². The lowest BCUT2D eigenvalue weighted by molar-refractivity contribution is 0.606. The summed E-state index contributed by atoms with van der Waals surface area (Å²) >= 11 is 0. The second kappa shape index (κ2) is 6.71. The smallest absolute Gasteiger partial charge is 0.0300 e. The monoisotopic (exact) mass is 267 g/mol. The van der Waals surface area contributed by atoms with Crippen LogP contribution in [0.1, 0.15) is 46.7 Å². The van der Waals surface area contributed by atoms with Crippen molar-refractivity contribution in [2.45, 2.75) is 46.1 Å². The minimum atomic E-state index is 0.152. The zero-order valence-corrected chi connectivity index (χ0v) is 12.8. The van der Waals surface area contributed by atoms with Crippen LogP contribution in [0, 0.1) is 20.8 Å². The maximum atomic E-state index is 6.41. The van der Waals surface area contributed by atoms with Gasteiger partial charge in [0, 0.05) is 6.04 Å². The third-order valence-electron chi connectivity index (χ3n) is 3.93. The van der Waals surface area contributed by atoms with Crippen LogP contribution in [0.4, 0.5) is 0 Å². The molecule has 1 heteroatoms. The lowest BCUT2D eigenvalue weighted by Crippen LogP contribution is -2.14. The van der Waals surface area contributed by atoms with Gasteiger partial charge in [-0.1, -0.05) is 48.0 Å². The summed E-state index contributed by atoms with van der Waals surface area (Å²) in [6.45, 7) is 6.49. The van der Waals surface area contributed by atoms with Crippen LogP contribution in [0.2, 0.25) is 0 Å². The molecule has 1 unspecified atom stereocenters. The van der Waals surface area contributed by atoms with E-state index < -0.39 is 0 Å². The minimum Gasteiger partial charge on any atom is -0.324 e. The van der Waals surface area contributed by atoms with E-state index in [1.54, 1.807) is 0 Å². The van der Waals surface area contributed by atoms with E-state index >= 15 is 0 Å². The Morgan fingerprint density at radius 1 is 0.950 bits per heavy atom. The van der Waals surface area contributed by atoms with E-state index in [1.807, 2.05) is 0 Å². The fourth-order valence-electron chi connectivity index (χ4n) is 3.09. The molecule has 1 nitrogen and oxygen atoms in total. The van der Waals surface area contributed by atoms with Crippen molar-refractivity contribution in [3.05, 3.63) is 70.3 Å². The minimum absolute atomic E-state index is 0.152. The van der Waals surface area contributed by atoms with E-state index in [0.717, 1.165) is 19.3 Å². The SMILES string of the molecule is Cc1cc(C)c(C(N)CCCc2ccccc2)c(C)c1. The summed E-state index contributed by atoms with van der Waals surface area (Å²) in [5, 5.41) is 0. The normalized spacial score (nSPS) is 12.4. The number of benzene rings is 2. The van der Waals surface area contributed by atoms with Crippen LogP contribution in [0.3, 0.4) is 0 Å². The Labute approximate surface area is 122 Å². The van der Waals surface area contributed by atoms with Crippen molar-refractivity contribution in [3.63, 3.8) is 0 Å². The molecular formula is C19H25N. The Morgan fingerprint density at radius 3 is 2.15 bits per heavy atom. The van der Waals surface area contributed by atoms with Crippen LogP contribution < -0.4 is 5.73 Å². The van der Waals surface area contributed by atoms with Crippen molar-refractivity contribution in [2.75, 3.05) is 0 Å². The lowest BCUT2D eigenvalue weighted by Gasteiger charge is -2.18. The number of rotatable bonds is 5. The Morgan fingerprint density at radius 2 is 1.55 bits per heavy atom. The highest BCUT2D eigenvalue weighted by Crippen LogP contribution is 2.25. The Hall–Kier alpha value is -1.60. The van der Waals surface area contributed by atoms with Crippen LogP contribution in [0.25, 0.3) is 0 Å². The molecule has 2 aromatic rings. The number of nitrogens with two attached hydrogens (primary N) is 1. The molecule has 0 heterocycles. The third-order valence-corrected chi connectivity index (χ3v) is 3.93. The molecule has 0 aromatic heterocycles. The van der Waals surface area contributed by atoms with Crippen molar-refractivity contribution in [1.82, 2.24) is 0 Å². The summed E-state index contributed by atoms with van der Waals surface area (Å²) < 4.78 is 0. The van der Waals surface area contributed by atoms with Crippen LogP contribution in [0.15, 0.2) is 42.5 Å².